The Morgan fingerprint density at radius 1 is 0.388 bits per heavy atom. The van der Waals surface area contributed by atoms with E-state index in [4.69, 9.17) is 94.7 Å². The molecule has 55 atom stereocenters. The maximum atomic E-state index is 16.1. The number of rotatable bonds is 24. The van der Waals surface area contributed by atoms with Gasteiger partial charge in [0.1, 0.15) is 196 Å². The van der Waals surface area contributed by atoms with Gasteiger partial charge < -0.3 is 227 Å². The van der Waals surface area contributed by atoms with E-state index in [2.05, 4.69) is 40.7 Å². The van der Waals surface area contributed by atoms with Crippen molar-refractivity contribution in [1.82, 2.24) is 0 Å². The van der Waals surface area contributed by atoms with Crippen molar-refractivity contribution in [1.29, 1.82) is 0 Å². The lowest BCUT2D eigenvalue weighted by molar-refractivity contribution is -0.390. The number of carbonyl (C=O) groups is 3. The minimum absolute atomic E-state index is 0.0726. The van der Waals surface area contributed by atoms with E-state index in [1.807, 2.05) is 0 Å². The highest BCUT2D eigenvalue weighted by molar-refractivity contribution is 5.79. The average Bonchev–Trinajstić information content (AvgIpc) is 0.671. The molecule has 48 heteroatoms. The Hall–Kier alpha value is -3.37. The first-order chi connectivity index (χ1) is 63.0. The highest BCUT2D eigenvalue weighted by atomic mass is 16.8. The minimum Gasteiger partial charge on any atom is -0.479 e. The van der Waals surface area contributed by atoms with Crippen LogP contribution in [0.15, 0.2) is 11.6 Å². The van der Waals surface area contributed by atoms with Crippen molar-refractivity contribution in [3.05, 3.63) is 11.6 Å². The molecule has 14 fully saturated rings. The quantitative estimate of drug-likeness (QED) is 0.0185. The molecule has 25 N–H and O–H groups in total. The van der Waals surface area contributed by atoms with Gasteiger partial charge in [0.25, 0.3) is 0 Å². The van der Waals surface area contributed by atoms with Gasteiger partial charge >= 0.3 is 11.9 Å². The highest BCUT2D eigenvalue weighted by Crippen LogP contribution is 2.76. The largest absolute Gasteiger partial charge is 0.479 e. The highest BCUT2D eigenvalue weighted by Gasteiger charge is 2.72. The molecule has 0 spiro atoms. The number of hydrogen-bond acceptors (Lipinski definition) is 47. The molecule has 768 valence electrons. The molecular formula is C86H136O48. The molecule has 0 aromatic rings. The third-order valence-corrected chi connectivity index (χ3v) is 32.4. The van der Waals surface area contributed by atoms with Gasteiger partial charge in [-0.15, -0.1) is 0 Å². The molecule has 134 heavy (non-hydrogen) atoms. The second kappa shape index (κ2) is 40.7. The molecule has 48 nitrogen and oxygen atoms in total. The minimum atomic E-state index is -2.30. The fourth-order valence-corrected chi connectivity index (χ4v) is 24.0. The first-order valence-corrected chi connectivity index (χ1v) is 46.1. The van der Waals surface area contributed by atoms with Crippen LogP contribution in [-0.4, -0.2) is 474 Å². The summed E-state index contributed by atoms with van der Waals surface area (Å²) in [7, 11) is 0. The number of carboxylic acids is 1. The summed E-state index contributed by atoms with van der Waals surface area (Å²) in [5.74, 6) is -3.74. The third kappa shape index (κ3) is 18.9. The summed E-state index contributed by atoms with van der Waals surface area (Å²) in [6, 6.07) is 0. The first-order valence-electron chi connectivity index (χ1n) is 46.1. The van der Waals surface area contributed by atoms with Crippen LogP contribution < -0.4 is 0 Å². The number of aliphatic hydroxyl groups is 24. The Balaban J connectivity index is 0.637. The van der Waals surface area contributed by atoms with Crippen LogP contribution in [0.5, 0.6) is 0 Å². The van der Waals surface area contributed by atoms with E-state index < -0.39 is 379 Å². The van der Waals surface area contributed by atoms with Gasteiger partial charge in [-0.2, -0.15) is 0 Å². The molecule has 10 aliphatic heterocycles. The third-order valence-electron chi connectivity index (χ3n) is 32.4. The lowest BCUT2D eigenvalue weighted by atomic mass is 9.33. The van der Waals surface area contributed by atoms with Crippen LogP contribution in [0.1, 0.15) is 127 Å². The number of hydrogen-bond donors (Lipinski definition) is 25. The molecule has 15 aliphatic rings. The SMILES string of the molecule is C[C@@H]1O[C@@H](O[C@H]2[C@H](OC(=O)[C@]34CCC(C)(C)C[C@H]3C3=CC[C@@H]5[C@@]6(C)CC[C@H](O[C@@H]7O[C@H](C(=O)O)[C@@H](O[C@@H]8OC[C@H](O[C@@H]9O[C@H](CO)[C@H](O)[C@H](O)[C@H]9O)[C@H](O)[C@H]8O)[C@H](O)[C@H]7O[C@@H]7O[C@H](CO)[C@H](O)[C@H](O)[C@H]7O)[C@@](C)(C=O)[C@@H]6CC[C@@]5(C)[C@]3(C)CC4)O[C@H](C)[C@H](O[C@@H]3O[C@@H](C)[C@H](O[C@@H]4OC[C@@H](O)[C@H](O[C@@H]5OC[C@@H](O)[C@H](O[C@@H]6OC[C@@H](O)[C@H](O)[C@H]6O)[C@H]5O)[C@H]4O)[C@@H](O)[C@H]3O)[C@@H]2O)[C@H](O)[C@H](O)[C@H]1O. The number of allylic oxidation sites excluding steroid dienone is 2. The van der Waals surface area contributed by atoms with Crippen molar-refractivity contribution < 1.29 is 237 Å². The van der Waals surface area contributed by atoms with Crippen molar-refractivity contribution in [2.24, 2.45) is 50.2 Å². The summed E-state index contributed by atoms with van der Waals surface area (Å²) in [6.45, 7) is 12.6. The van der Waals surface area contributed by atoms with Gasteiger partial charge in [0, 0.05) is 0 Å². The van der Waals surface area contributed by atoms with Gasteiger partial charge in [0.2, 0.25) is 6.29 Å². The second-order valence-electron chi connectivity index (χ2n) is 41.0. The summed E-state index contributed by atoms with van der Waals surface area (Å²) in [4.78, 5) is 44.1. The van der Waals surface area contributed by atoms with E-state index in [1.165, 1.54) is 20.8 Å². The van der Waals surface area contributed by atoms with Crippen molar-refractivity contribution in [3.63, 3.8) is 0 Å². The lowest BCUT2D eigenvalue weighted by Gasteiger charge is -2.71. The summed E-state index contributed by atoms with van der Waals surface area (Å²) >= 11 is 0. The first kappa shape index (κ1) is 105. The van der Waals surface area contributed by atoms with Crippen LogP contribution in [0.3, 0.4) is 0 Å². The summed E-state index contributed by atoms with van der Waals surface area (Å²) in [6.07, 6.45) is -78.5. The topological polar surface area (TPSA) is 742 Å². The van der Waals surface area contributed by atoms with E-state index in [0.29, 0.717) is 51.4 Å². The average molecular weight is 1940 g/mol. The van der Waals surface area contributed by atoms with E-state index in [9.17, 15) is 137 Å². The Labute approximate surface area is 769 Å². The molecule has 0 bridgehead atoms. The van der Waals surface area contributed by atoms with Crippen molar-refractivity contribution in [2.45, 2.75) is 415 Å². The molecule has 5 aliphatic carbocycles. The second-order valence-corrected chi connectivity index (χ2v) is 41.0. The van der Waals surface area contributed by atoms with Crippen LogP contribution in [0.4, 0.5) is 0 Å². The monoisotopic (exact) mass is 1940 g/mol. The van der Waals surface area contributed by atoms with E-state index in [0.717, 1.165) is 11.9 Å². The van der Waals surface area contributed by atoms with Gasteiger partial charge in [0.15, 0.2) is 68.8 Å². The standard InChI is InChI=1S/C86H136O48/c1-28-42(93)47(98)53(104)74(119-28)131-66-57(108)62(127-75-56(107)50(101)61(29(2)120-75)126-72-59(110)64(35(92)24-116-72)129-73-60(111)63(34(91)25-117-73)128-70-51(102)43(94)33(90)23-115-70)30(3)121-78(66)134-80(114)86-18-16-81(4,5)20-32(86)31-10-11-40-82(6)14-13-41(83(7,27-89)39(82)12-15-85(40,9)84(31,8)17-19-86)125-79-67(132-77-55(106)49(100)45(96)37(22-88)123-77)58(109)65(68(133-79)69(112)113)130-71-52(103)46(97)38(26-118-71)124-76-54(105)48(99)44(95)36(21-87)122-76/h10,27-30,32-68,70-79,87-88,90-111H,11-26H2,1-9H3,(H,112,113)/t28-,29-,30+,32-,33+,34+,35+,36+,37+,38-,39+,40+,41-,42-,43-,44-,45-,46-,47+,48-,49-,50-,51+,52+,53+,54+,55+,56+,57-,58-,59+,60+,61-,62-,63-,64-,65-,66+,67+,68-,70-,71-,72-,73-,74-,75-,76-,77-,78-,79+,82-,83-,84+,85+,86-/m0/s1. The van der Waals surface area contributed by atoms with Crippen LogP contribution in [-0.2, 0) is 109 Å². The Bertz CT molecular complexity index is 3990. The smallest absolute Gasteiger partial charge is 0.335 e. The van der Waals surface area contributed by atoms with Crippen molar-refractivity contribution in [2.75, 3.05) is 39.6 Å². The molecule has 0 aromatic carbocycles. The van der Waals surface area contributed by atoms with Crippen molar-refractivity contribution >= 4 is 18.2 Å². The molecule has 10 saturated heterocycles. The van der Waals surface area contributed by atoms with Crippen molar-refractivity contribution in [3.8, 4) is 0 Å². The number of aliphatic carboxylic acids is 1. The molecule has 10 heterocycles. The maximum Gasteiger partial charge on any atom is 0.335 e. The zero-order valence-corrected chi connectivity index (χ0v) is 75.4. The molecular weight excluding hydrogens is 1800 g/mol. The van der Waals surface area contributed by atoms with Crippen LogP contribution in [0, 0.1) is 50.2 Å². The van der Waals surface area contributed by atoms with Crippen LogP contribution >= 0.6 is 0 Å². The molecule has 0 aromatic heterocycles. The molecule has 15 rings (SSSR count). The fraction of sp³-hybridized carbons (Fsp3) is 0.942. The van der Waals surface area contributed by atoms with Gasteiger partial charge in [0.05, 0.1) is 74.9 Å². The van der Waals surface area contributed by atoms with Crippen LogP contribution in [0.25, 0.3) is 0 Å². The van der Waals surface area contributed by atoms with Gasteiger partial charge in [-0.3, -0.25) is 4.79 Å². The van der Waals surface area contributed by atoms with E-state index in [1.54, 1.807) is 6.92 Å². The number of carboxylic acid groups (broad SMARTS) is 1. The predicted octanol–water partition coefficient (Wildman–Crippen LogP) is -10.2. The van der Waals surface area contributed by atoms with Gasteiger partial charge in [-0.05, 0) is 124 Å². The number of aldehydes is 1. The van der Waals surface area contributed by atoms with Gasteiger partial charge in [-0.1, -0.05) is 53.2 Å². The molecule has 0 radical (unpaired) electrons. The lowest BCUT2D eigenvalue weighted by Crippen LogP contribution is -2.68. The Kier molecular flexibility index (Phi) is 31.9. The van der Waals surface area contributed by atoms with E-state index >= 15 is 4.79 Å². The normalized spacial score (nSPS) is 55.0. The summed E-state index contributed by atoms with van der Waals surface area (Å²) in [5, 5.41) is 276. The molecule has 0 unspecified atom stereocenters. The number of ether oxygens (including phenoxy) is 20. The zero-order chi connectivity index (χ0) is 97.5. The fourth-order valence-electron chi connectivity index (χ4n) is 24.0. The molecule has 4 saturated carbocycles. The zero-order valence-electron chi connectivity index (χ0n) is 75.4. The predicted molar refractivity (Wildman–Crippen MR) is 431 cm³/mol. The number of aliphatic hydroxyl groups excluding tert-OH is 24. The Morgan fingerprint density at radius 2 is 0.828 bits per heavy atom. The number of fused-ring (bicyclic) bond motifs is 7. The number of esters is 1. The molecule has 0 amide bonds. The summed E-state index contributed by atoms with van der Waals surface area (Å²) in [5.41, 5.74) is -4.08. The van der Waals surface area contributed by atoms with Gasteiger partial charge in [-0.25, -0.2) is 4.79 Å². The number of carbonyl (C=O) groups excluding carboxylic acids is 2. The van der Waals surface area contributed by atoms with E-state index in [-0.39, 0.29) is 24.2 Å². The van der Waals surface area contributed by atoms with Crippen LogP contribution in [0.2, 0.25) is 0 Å². The Morgan fingerprint density at radius 3 is 1.39 bits per heavy atom. The summed E-state index contributed by atoms with van der Waals surface area (Å²) < 4.78 is 119. The maximum absolute atomic E-state index is 16.1.